The predicted octanol–water partition coefficient (Wildman–Crippen LogP) is 3.42. The van der Waals surface area contributed by atoms with Crippen LogP contribution in [-0.2, 0) is 0 Å². The van der Waals surface area contributed by atoms with Crippen molar-refractivity contribution in [3.63, 3.8) is 0 Å². The van der Waals surface area contributed by atoms with E-state index in [0.29, 0.717) is 10.7 Å². The van der Waals surface area contributed by atoms with E-state index in [1.54, 1.807) is 12.4 Å². The van der Waals surface area contributed by atoms with Gasteiger partial charge >= 0.3 is 0 Å². The van der Waals surface area contributed by atoms with Crippen molar-refractivity contribution in [2.45, 2.75) is 19.8 Å². The predicted molar refractivity (Wildman–Crippen MR) is 67.1 cm³/mol. The molecule has 0 unspecified atom stereocenters. The summed E-state index contributed by atoms with van der Waals surface area (Å²) in [5.41, 5.74) is 2.94. The minimum Gasteiger partial charge on any atom is -0.264 e. The number of halogens is 1. The standard InChI is InChI=1S/C12H12BrN3/c1-8(2)10-6-11(16-12(13)15-10)9-4-3-5-14-7-9/h3-8H,1-2H3. The lowest BCUT2D eigenvalue weighted by atomic mass is 10.1. The Balaban J connectivity index is 2.50. The molecule has 82 valence electrons. The highest BCUT2D eigenvalue weighted by Gasteiger charge is 2.07. The molecule has 16 heavy (non-hydrogen) atoms. The molecule has 0 aliphatic heterocycles. The van der Waals surface area contributed by atoms with Crippen molar-refractivity contribution in [2.24, 2.45) is 0 Å². The third-order valence-corrected chi connectivity index (χ3v) is 2.62. The first kappa shape index (κ1) is 11.2. The molecule has 0 amide bonds. The van der Waals surface area contributed by atoms with Crippen LogP contribution in [0.5, 0.6) is 0 Å². The minimum absolute atomic E-state index is 0.384. The van der Waals surface area contributed by atoms with Crippen LogP contribution in [0.25, 0.3) is 11.3 Å². The van der Waals surface area contributed by atoms with Crippen molar-refractivity contribution in [1.29, 1.82) is 0 Å². The lowest BCUT2D eigenvalue weighted by Gasteiger charge is -2.07. The first-order valence-electron chi connectivity index (χ1n) is 5.11. The van der Waals surface area contributed by atoms with Gasteiger partial charge in [-0.2, -0.15) is 0 Å². The molecule has 0 spiro atoms. The Labute approximate surface area is 103 Å². The number of hydrogen-bond donors (Lipinski definition) is 0. The van der Waals surface area contributed by atoms with E-state index in [-0.39, 0.29) is 0 Å². The molecule has 2 aromatic heterocycles. The van der Waals surface area contributed by atoms with E-state index in [9.17, 15) is 0 Å². The molecule has 2 aromatic rings. The summed E-state index contributed by atoms with van der Waals surface area (Å²) in [6, 6.07) is 5.90. The SMILES string of the molecule is CC(C)c1cc(-c2cccnc2)nc(Br)n1. The van der Waals surface area contributed by atoms with Gasteiger partial charge in [0.15, 0.2) is 4.73 Å². The molecule has 4 heteroatoms. The number of aromatic nitrogens is 3. The Bertz CT molecular complexity index is 483. The summed E-state index contributed by atoms with van der Waals surface area (Å²) >= 11 is 3.34. The molecule has 0 atom stereocenters. The Morgan fingerprint density at radius 3 is 2.69 bits per heavy atom. The van der Waals surface area contributed by atoms with Crippen LogP contribution >= 0.6 is 15.9 Å². The second-order valence-electron chi connectivity index (χ2n) is 3.84. The molecular formula is C12H12BrN3. The molecule has 2 rings (SSSR count). The molecule has 0 bridgehead atoms. The van der Waals surface area contributed by atoms with Gasteiger partial charge < -0.3 is 0 Å². The Hall–Kier alpha value is -1.29. The first-order chi connectivity index (χ1) is 7.66. The average molecular weight is 278 g/mol. The van der Waals surface area contributed by atoms with Crippen molar-refractivity contribution >= 4 is 15.9 Å². The summed E-state index contributed by atoms with van der Waals surface area (Å²) in [4.78, 5) is 12.8. The van der Waals surface area contributed by atoms with Crippen molar-refractivity contribution in [1.82, 2.24) is 15.0 Å². The van der Waals surface area contributed by atoms with E-state index in [0.717, 1.165) is 17.0 Å². The monoisotopic (exact) mass is 277 g/mol. The van der Waals surface area contributed by atoms with Crippen LogP contribution in [0, 0.1) is 0 Å². The Morgan fingerprint density at radius 2 is 2.06 bits per heavy atom. The van der Waals surface area contributed by atoms with Gasteiger partial charge in [0.25, 0.3) is 0 Å². The second kappa shape index (κ2) is 4.70. The van der Waals surface area contributed by atoms with Gasteiger partial charge in [-0.05, 0) is 40.0 Å². The zero-order chi connectivity index (χ0) is 11.5. The fraction of sp³-hybridized carbons (Fsp3) is 0.250. The summed E-state index contributed by atoms with van der Waals surface area (Å²) < 4.78 is 0.623. The maximum Gasteiger partial charge on any atom is 0.197 e. The maximum absolute atomic E-state index is 4.35. The molecule has 0 saturated carbocycles. The summed E-state index contributed by atoms with van der Waals surface area (Å²) in [6.45, 7) is 4.23. The number of rotatable bonds is 2. The topological polar surface area (TPSA) is 38.7 Å². The van der Waals surface area contributed by atoms with Crippen molar-refractivity contribution in [2.75, 3.05) is 0 Å². The zero-order valence-corrected chi connectivity index (χ0v) is 10.8. The van der Waals surface area contributed by atoms with Gasteiger partial charge in [0, 0.05) is 23.7 Å². The zero-order valence-electron chi connectivity index (χ0n) is 9.18. The molecule has 0 aliphatic rings. The van der Waals surface area contributed by atoms with Crippen LogP contribution in [0.1, 0.15) is 25.5 Å². The fourth-order valence-corrected chi connectivity index (χ4v) is 1.79. The Kier molecular flexibility index (Phi) is 3.29. The highest BCUT2D eigenvalue weighted by molar-refractivity contribution is 9.10. The molecule has 3 nitrogen and oxygen atoms in total. The van der Waals surface area contributed by atoms with Gasteiger partial charge in [-0.25, -0.2) is 9.97 Å². The van der Waals surface area contributed by atoms with E-state index in [1.807, 2.05) is 18.2 Å². The summed E-state index contributed by atoms with van der Waals surface area (Å²) in [7, 11) is 0. The highest BCUT2D eigenvalue weighted by atomic mass is 79.9. The molecule has 2 heterocycles. The first-order valence-corrected chi connectivity index (χ1v) is 5.91. The van der Waals surface area contributed by atoms with E-state index in [2.05, 4.69) is 44.7 Å². The van der Waals surface area contributed by atoms with E-state index in [4.69, 9.17) is 0 Å². The summed E-state index contributed by atoms with van der Waals surface area (Å²) in [6.07, 6.45) is 3.56. The molecular weight excluding hydrogens is 266 g/mol. The largest absolute Gasteiger partial charge is 0.264 e. The minimum atomic E-state index is 0.384. The van der Waals surface area contributed by atoms with Crippen LogP contribution in [-0.4, -0.2) is 15.0 Å². The van der Waals surface area contributed by atoms with E-state index < -0.39 is 0 Å². The van der Waals surface area contributed by atoms with Crippen LogP contribution in [0.4, 0.5) is 0 Å². The van der Waals surface area contributed by atoms with Crippen molar-refractivity contribution in [3.05, 3.63) is 41.0 Å². The molecule has 0 saturated heterocycles. The smallest absolute Gasteiger partial charge is 0.197 e. The van der Waals surface area contributed by atoms with Crippen LogP contribution in [0.2, 0.25) is 0 Å². The quantitative estimate of drug-likeness (QED) is 0.790. The van der Waals surface area contributed by atoms with Gasteiger partial charge in [-0.15, -0.1) is 0 Å². The fourth-order valence-electron chi connectivity index (χ4n) is 1.39. The Morgan fingerprint density at radius 1 is 1.25 bits per heavy atom. The van der Waals surface area contributed by atoms with Gasteiger partial charge in [0.1, 0.15) is 0 Å². The lowest BCUT2D eigenvalue weighted by Crippen LogP contribution is -1.97. The number of pyridine rings is 1. The maximum atomic E-state index is 4.35. The van der Waals surface area contributed by atoms with E-state index in [1.165, 1.54) is 0 Å². The third-order valence-electron chi connectivity index (χ3n) is 2.27. The highest BCUT2D eigenvalue weighted by Crippen LogP contribution is 2.22. The second-order valence-corrected chi connectivity index (χ2v) is 4.55. The van der Waals surface area contributed by atoms with Gasteiger partial charge in [-0.1, -0.05) is 13.8 Å². The lowest BCUT2D eigenvalue weighted by molar-refractivity contribution is 0.808. The van der Waals surface area contributed by atoms with Gasteiger partial charge in [-0.3, -0.25) is 4.98 Å². The van der Waals surface area contributed by atoms with Crippen molar-refractivity contribution < 1.29 is 0 Å². The third kappa shape index (κ3) is 2.44. The molecule has 0 aromatic carbocycles. The molecule has 0 radical (unpaired) electrons. The average Bonchev–Trinajstić information content (AvgIpc) is 2.29. The summed E-state index contributed by atoms with van der Waals surface area (Å²) in [5.74, 6) is 0.384. The molecule has 0 aliphatic carbocycles. The number of hydrogen-bond acceptors (Lipinski definition) is 3. The number of nitrogens with zero attached hydrogens (tertiary/aromatic N) is 3. The van der Waals surface area contributed by atoms with Gasteiger partial charge in [0.05, 0.1) is 5.69 Å². The molecule has 0 N–H and O–H groups in total. The normalized spacial score (nSPS) is 10.8. The van der Waals surface area contributed by atoms with Gasteiger partial charge in [0.2, 0.25) is 0 Å². The van der Waals surface area contributed by atoms with E-state index >= 15 is 0 Å². The van der Waals surface area contributed by atoms with Crippen LogP contribution < -0.4 is 0 Å². The summed E-state index contributed by atoms with van der Waals surface area (Å²) in [5, 5.41) is 0. The van der Waals surface area contributed by atoms with Crippen molar-refractivity contribution in [3.8, 4) is 11.3 Å². The van der Waals surface area contributed by atoms with Crippen LogP contribution in [0.3, 0.4) is 0 Å². The van der Waals surface area contributed by atoms with Crippen LogP contribution in [0.15, 0.2) is 35.3 Å². The molecule has 0 fully saturated rings.